The maximum Gasteiger partial charge on any atom is 0.407 e. The highest BCUT2D eigenvalue weighted by Gasteiger charge is 2.42. The number of fused-ring (bicyclic) bond motifs is 1. The molecule has 0 saturated heterocycles. The van der Waals surface area contributed by atoms with E-state index in [0.29, 0.717) is 35.2 Å². The van der Waals surface area contributed by atoms with Crippen LogP contribution >= 0.6 is 0 Å². The number of carbonyl (C=O) groups excluding carboxylic acids is 1. The average Bonchev–Trinajstić information content (AvgIpc) is 3.23. The van der Waals surface area contributed by atoms with Crippen molar-refractivity contribution in [1.29, 1.82) is 0 Å². The van der Waals surface area contributed by atoms with Crippen LogP contribution in [0.2, 0.25) is 0 Å². The first-order valence-corrected chi connectivity index (χ1v) is 12.0. The molecule has 37 heavy (non-hydrogen) atoms. The van der Waals surface area contributed by atoms with Gasteiger partial charge in [-0.3, -0.25) is 9.50 Å². The van der Waals surface area contributed by atoms with E-state index in [4.69, 9.17) is 4.74 Å². The number of aromatic amines is 1. The van der Waals surface area contributed by atoms with E-state index in [-0.39, 0.29) is 23.4 Å². The quantitative estimate of drug-likeness (QED) is 0.336. The maximum atomic E-state index is 14.7. The fourth-order valence-electron chi connectivity index (χ4n) is 4.64. The molecule has 192 valence electrons. The van der Waals surface area contributed by atoms with Gasteiger partial charge in [0.15, 0.2) is 5.82 Å². The lowest BCUT2D eigenvalue weighted by atomic mass is 10.0. The van der Waals surface area contributed by atoms with Crippen molar-refractivity contribution in [2.24, 2.45) is 0 Å². The Morgan fingerprint density at radius 3 is 2.70 bits per heavy atom. The van der Waals surface area contributed by atoms with E-state index >= 15 is 0 Å². The number of benzene rings is 1. The van der Waals surface area contributed by atoms with E-state index in [2.05, 4.69) is 30.8 Å². The molecule has 0 radical (unpaired) electrons. The zero-order chi connectivity index (χ0) is 25.7. The molecule has 3 heterocycles. The molecule has 0 unspecified atom stereocenters. The third-order valence-electron chi connectivity index (χ3n) is 6.92. The second-order valence-electron chi connectivity index (χ2n) is 9.93. The van der Waals surface area contributed by atoms with Crippen molar-refractivity contribution in [2.75, 3.05) is 5.32 Å². The van der Waals surface area contributed by atoms with Gasteiger partial charge in [0.25, 0.3) is 0 Å². The predicted octanol–water partition coefficient (Wildman–Crippen LogP) is 5.00. The molecule has 3 atom stereocenters. The molecule has 6 rings (SSSR count). The van der Waals surface area contributed by atoms with E-state index in [1.54, 1.807) is 28.9 Å². The van der Waals surface area contributed by atoms with Gasteiger partial charge in [0.1, 0.15) is 29.6 Å². The lowest BCUT2D eigenvalue weighted by Gasteiger charge is -2.17. The van der Waals surface area contributed by atoms with Gasteiger partial charge in [0.05, 0.1) is 5.69 Å². The number of imidazole rings is 1. The highest BCUT2D eigenvalue weighted by Crippen LogP contribution is 2.39. The van der Waals surface area contributed by atoms with Gasteiger partial charge < -0.3 is 15.4 Å². The van der Waals surface area contributed by atoms with Crippen LogP contribution in [0.15, 0.2) is 42.7 Å². The summed E-state index contributed by atoms with van der Waals surface area (Å²) < 4.78 is 49.3. The standard InChI is InChI=1S/C25H24F3N7O2/c1-25(2-3-25)32-24(36)37-20-9-14(8-17(20)28)19-11-21(34-33-19)31-23-30-18(12-22-29-4-5-35(22)23)13-6-15(26)10-16(27)7-13/h4-7,10-12,14,17,20H,2-3,8-9H2,1H3,(H,32,36)(H2,30,31,33,34)/t14-,17+,20-/m0/s1. The molecule has 2 fully saturated rings. The minimum absolute atomic E-state index is 0.196. The maximum absolute atomic E-state index is 14.7. The fraction of sp³-hybridized carbons (Fsp3) is 0.360. The normalized spacial score (nSPS) is 22.2. The van der Waals surface area contributed by atoms with Crippen LogP contribution in [0.4, 0.5) is 29.7 Å². The van der Waals surface area contributed by atoms with Crippen molar-refractivity contribution in [3.05, 3.63) is 60.1 Å². The first kappa shape index (κ1) is 23.3. The summed E-state index contributed by atoms with van der Waals surface area (Å²) in [7, 11) is 0. The number of alkyl halides is 1. The van der Waals surface area contributed by atoms with Crippen LogP contribution in [0.5, 0.6) is 0 Å². The van der Waals surface area contributed by atoms with E-state index in [9.17, 15) is 18.0 Å². The molecule has 0 spiro atoms. The topological polar surface area (TPSA) is 109 Å². The summed E-state index contributed by atoms with van der Waals surface area (Å²) in [5.74, 6) is -0.894. The summed E-state index contributed by atoms with van der Waals surface area (Å²) >= 11 is 0. The van der Waals surface area contributed by atoms with Gasteiger partial charge in [0, 0.05) is 53.3 Å². The fourth-order valence-corrected chi connectivity index (χ4v) is 4.64. The SMILES string of the molecule is CC1(NC(=O)O[C@H]2C[C@@H](c3cc(Nc4nc(-c5cc(F)cc(F)c5)cc5nccn45)n[nH]3)C[C@H]2F)CC1. The lowest BCUT2D eigenvalue weighted by molar-refractivity contribution is 0.0583. The number of H-pyrrole nitrogens is 1. The number of alkyl carbamates (subject to hydrolysis) is 1. The Bertz CT molecular complexity index is 1460. The molecular weight excluding hydrogens is 487 g/mol. The molecular formula is C25H24F3N7O2. The van der Waals surface area contributed by atoms with E-state index in [0.717, 1.165) is 18.9 Å². The van der Waals surface area contributed by atoms with Gasteiger partial charge >= 0.3 is 6.09 Å². The Morgan fingerprint density at radius 2 is 1.95 bits per heavy atom. The Labute approximate surface area is 209 Å². The molecule has 0 aliphatic heterocycles. The number of nitrogens with zero attached hydrogens (tertiary/aromatic N) is 4. The number of anilines is 2. The lowest BCUT2D eigenvalue weighted by Crippen LogP contribution is -2.38. The molecule has 2 saturated carbocycles. The summed E-state index contributed by atoms with van der Waals surface area (Å²) in [4.78, 5) is 20.9. The van der Waals surface area contributed by atoms with Crippen molar-refractivity contribution >= 4 is 23.5 Å². The zero-order valence-corrected chi connectivity index (χ0v) is 19.8. The second kappa shape index (κ2) is 8.79. The molecule has 3 aromatic heterocycles. The van der Waals surface area contributed by atoms with Crippen molar-refractivity contribution < 1.29 is 22.7 Å². The number of ether oxygens (including phenoxy) is 1. The first-order chi connectivity index (χ1) is 17.7. The largest absolute Gasteiger partial charge is 0.443 e. The molecule has 9 nitrogen and oxygen atoms in total. The van der Waals surface area contributed by atoms with Gasteiger partial charge in [-0.05, 0) is 44.7 Å². The van der Waals surface area contributed by atoms with Crippen LogP contribution in [-0.2, 0) is 4.74 Å². The molecule has 4 aromatic rings. The van der Waals surface area contributed by atoms with Gasteiger partial charge in [-0.1, -0.05) is 0 Å². The van der Waals surface area contributed by atoms with Crippen LogP contribution in [-0.4, -0.2) is 48.5 Å². The molecule has 12 heteroatoms. The van der Waals surface area contributed by atoms with E-state index in [1.165, 1.54) is 12.1 Å². The van der Waals surface area contributed by atoms with Gasteiger partial charge in [-0.15, -0.1) is 0 Å². The summed E-state index contributed by atoms with van der Waals surface area (Å²) in [5, 5.41) is 13.1. The number of halogens is 3. The number of amides is 1. The Kier molecular flexibility index (Phi) is 5.54. The molecule has 1 aromatic carbocycles. The molecule has 2 aliphatic carbocycles. The summed E-state index contributed by atoms with van der Waals surface area (Å²) in [6.45, 7) is 1.93. The Hall–Kier alpha value is -4.09. The molecule has 0 bridgehead atoms. The summed E-state index contributed by atoms with van der Waals surface area (Å²) in [6.07, 6.45) is 2.87. The van der Waals surface area contributed by atoms with Gasteiger partial charge in [0.2, 0.25) is 5.95 Å². The van der Waals surface area contributed by atoms with Crippen molar-refractivity contribution in [3.8, 4) is 11.3 Å². The van der Waals surface area contributed by atoms with Crippen LogP contribution in [0, 0.1) is 11.6 Å². The van der Waals surface area contributed by atoms with Crippen LogP contribution < -0.4 is 10.6 Å². The van der Waals surface area contributed by atoms with Crippen molar-refractivity contribution in [2.45, 2.75) is 56.3 Å². The first-order valence-electron chi connectivity index (χ1n) is 12.0. The van der Waals surface area contributed by atoms with Crippen LogP contribution in [0.25, 0.3) is 16.9 Å². The summed E-state index contributed by atoms with van der Waals surface area (Å²) in [6, 6.07) is 6.54. The van der Waals surface area contributed by atoms with Crippen molar-refractivity contribution in [1.82, 2.24) is 29.9 Å². The minimum Gasteiger partial charge on any atom is -0.443 e. The van der Waals surface area contributed by atoms with E-state index in [1.807, 2.05) is 6.92 Å². The van der Waals surface area contributed by atoms with Gasteiger partial charge in [-0.2, -0.15) is 5.10 Å². The third-order valence-corrected chi connectivity index (χ3v) is 6.92. The monoisotopic (exact) mass is 511 g/mol. The number of hydrogen-bond acceptors (Lipinski definition) is 6. The minimum atomic E-state index is -1.28. The van der Waals surface area contributed by atoms with Gasteiger partial charge in [-0.25, -0.2) is 27.9 Å². The third kappa shape index (κ3) is 4.83. The zero-order valence-electron chi connectivity index (χ0n) is 19.8. The number of aromatic nitrogens is 5. The predicted molar refractivity (Wildman–Crippen MR) is 128 cm³/mol. The van der Waals surface area contributed by atoms with Crippen LogP contribution in [0.1, 0.15) is 44.2 Å². The molecule has 1 amide bonds. The van der Waals surface area contributed by atoms with E-state index < -0.39 is 30.0 Å². The van der Waals surface area contributed by atoms with Crippen LogP contribution in [0.3, 0.4) is 0 Å². The Morgan fingerprint density at radius 1 is 1.16 bits per heavy atom. The highest BCUT2D eigenvalue weighted by atomic mass is 19.1. The van der Waals surface area contributed by atoms with Crippen molar-refractivity contribution in [3.63, 3.8) is 0 Å². The second-order valence-corrected chi connectivity index (χ2v) is 9.93. The summed E-state index contributed by atoms with van der Waals surface area (Å²) in [5.41, 5.74) is 1.56. The number of rotatable bonds is 6. The molecule has 2 aliphatic rings. The number of hydrogen-bond donors (Lipinski definition) is 3. The smallest absolute Gasteiger partial charge is 0.407 e. The number of carbonyl (C=O) groups is 1. The highest BCUT2D eigenvalue weighted by molar-refractivity contribution is 5.69. The average molecular weight is 512 g/mol. The number of nitrogens with one attached hydrogen (secondary N) is 3. The Balaban J connectivity index is 1.19. The molecule has 3 N–H and O–H groups in total.